The number of alkyl halides is 3. The molecule has 0 radical (unpaired) electrons. The van der Waals surface area contributed by atoms with Crippen molar-refractivity contribution < 1.29 is 13.2 Å². The Kier molecular flexibility index (Phi) is 6.71. The molecule has 1 aromatic heterocycles. The van der Waals surface area contributed by atoms with Crippen LogP contribution in [0.1, 0.15) is 29.7 Å². The van der Waals surface area contributed by atoms with Crippen LogP contribution < -0.4 is 5.32 Å². The first kappa shape index (κ1) is 17.7. The summed E-state index contributed by atoms with van der Waals surface area (Å²) in [7, 11) is 0. The lowest BCUT2D eigenvalue weighted by Crippen LogP contribution is -2.50. The Bertz CT molecular complexity index is 409. The molecule has 1 aliphatic rings. The number of piperazine rings is 1. The van der Waals surface area contributed by atoms with Gasteiger partial charge in [0.05, 0.1) is 12.7 Å². The number of hydrogen-bond donors (Lipinski definition) is 1. The fourth-order valence-corrected chi connectivity index (χ4v) is 3.13. The van der Waals surface area contributed by atoms with E-state index in [1.165, 1.54) is 0 Å². The first-order chi connectivity index (χ1) is 9.00. The number of hydrogen-bond acceptors (Lipinski definition) is 4. The minimum atomic E-state index is -4.28. The molecule has 1 unspecified atom stereocenters. The molecule has 0 saturated carbocycles. The SMILES string of the molecule is CCCC1CNCCN1Cc1ncc(C(F)(F)F)s1.Cl. The van der Waals surface area contributed by atoms with Crippen LogP contribution in [0.15, 0.2) is 6.20 Å². The fourth-order valence-electron chi connectivity index (χ4n) is 2.32. The zero-order valence-electron chi connectivity index (χ0n) is 11.2. The molecule has 0 spiro atoms. The average molecular weight is 330 g/mol. The zero-order valence-corrected chi connectivity index (χ0v) is 12.9. The van der Waals surface area contributed by atoms with E-state index >= 15 is 0 Å². The van der Waals surface area contributed by atoms with Gasteiger partial charge in [-0.2, -0.15) is 13.2 Å². The van der Waals surface area contributed by atoms with Crippen LogP contribution in [-0.2, 0) is 12.7 Å². The van der Waals surface area contributed by atoms with E-state index in [0.29, 0.717) is 17.6 Å². The molecule has 0 amide bonds. The van der Waals surface area contributed by atoms with Gasteiger partial charge in [-0.25, -0.2) is 4.98 Å². The predicted molar refractivity (Wildman–Crippen MR) is 76.3 cm³/mol. The van der Waals surface area contributed by atoms with Crippen molar-refractivity contribution in [3.05, 3.63) is 16.1 Å². The van der Waals surface area contributed by atoms with E-state index < -0.39 is 11.1 Å². The summed E-state index contributed by atoms with van der Waals surface area (Å²) in [4.78, 5) is 5.54. The second-order valence-corrected chi connectivity index (χ2v) is 5.85. The van der Waals surface area contributed by atoms with Crippen LogP contribution >= 0.6 is 23.7 Å². The van der Waals surface area contributed by atoms with Crippen molar-refractivity contribution in [2.45, 2.75) is 38.5 Å². The Balaban J connectivity index is 0.00000200. The highest BCUT2D eigenvalue weighted by Gasteiger charge is 2.33. The quantitative estimate of drug-likeness (QED) is 0.919. The molecule has 116 valence electrons. The van der Waals surface area contributed by atoms with Crippen LogP contribution in [0, 0.1) is 0 Å². The minimum Gasteiger partial charge on any atom is -0.314 e. The number of thiazole rings is 1. The number of nitrogens with zero attached hydrogens (tertiary/aromatic N) is 2. The Hall–Kier alpha value is -0.370. The Morgan fingerprint density at radius 3 is 2.85 bits per heavy atom. The third-order valence-corrected chi connectivity index (χ3v) is 4.29. The van der Waals surface area contributed by atoms with E-state index in [2.05, 4.69) is 22.1 Å². The van der Waals surface area contributed by atoms with E-state index in [1.807, 2.05) is 0 Å². The monoisotopic (exact) mass is 329 g/mol. The molecule has 0 bridgehead atoms. The second kappa shape index (κ2) is 7.59. The number of halogens is 4. The van der Waals surface area contributed by atoms with Crippen molar-refractivity contribution in [3.8, 4) is 0 Å². The third-order valence-electron chi connectivity index (χ3n) is 3.27. The highest BCUT2D eigenvalue weighted by atomic mass is 35.5. The van der Waals surface area contributed by atoms with Crippen molar-refractivity contribution >= 4 is 23.7 Å². The lowest BCUT2D eigenvalue weighted by atomic mass is 10.1. The summed E-state index contributed by atoms with van der Waals surface area (Å²) in [6.45, 7) is 5.31. The molecule has 2 heterocycles. The van der Waals surface area contributed by atoms with Gasteiger partial charge in [-0.15, -0.1) is 23.7 Å². The summed E-state index contributed by atoms with van der Waals surface area (Å²) in [5, 5.41) is 3.88. The van der Waals surface area contributed by atoms with Crippen LogP contribution in [-0.4, -0.2) is 35.6 Å². The van der Waals surface area contributed by atoms with Crippen LogP contribution in [0.5, 0.6) is 0 Å². The maximum Gasteiger partial charge on any atom is 0.427 e. The maximum absolute atomic E-state index is 12.5. The molecule has 0 aliphatic carbocycles. The smallest absolute Gasteiger partial charge is 0.314 e. The van der Waals surface area contributed by atoms with Crippen molar-refractivity contribution in [2.75, 3.05) is 19.6 Å². The summed E-state index contributed by atoms with van der Waals surface area (Å²) in [6.07, 6.45) is -1.20. The molecule has 2 rings (SSSR count). The van der Waals surface area contributed by atoms with Crippen molar-refractivity contribution in [2.24, 2.45) is 0 Å². The summed E-state index contributed by atoms with van der Waals surface area (Å²) in [6, 6.07) is 0.400. The van der Waals surface area contributed by atoms with Gasteiger partial charge in [-0.05, 0) is 6.42 Å². The molecule has 1 aromatic rings. The number of nitrogens with one attached hydrogen (secondary N) is 1. The summed E-state index contributed by atoms with van der Waals surface area (Å²) in [5.74, 6) is 0. The first-order valence-corrected chi connectivity index (χ1v) is 7.29. The Labute approximate surface area is 127 Å². The predicted octanol–water partition coefficient (Wildman–Crippen LogP) is 3.16. The lowest BCUT2D eigenvalue weighted by Gasteiger charge is -2.35. The van der Waals surface area contributed by atoms with Gasteiger partial charge < -0.3 is 5.32 Å². The van der Waals surface area contributed by atoms with Gasteiger partial charge in [0.1, 0.15) is 9.88 Å². The van der Waals surface area contributed by atoms with E-state index in [9.17, 15) is 13.2 Å². The van der Waals surface area contributed by atoms with E-state index in [-0.39, 0.29) is 12.4 Å². The van der Waals surface area contributed by atoms with Gasteiger partial charge in [0.2, 0.25) is 0 Å². The highest BCUT2D eigenvalue weighted by molar-refractivity contribution is 7.11. The molecule has 8 heteroatoms. The van der Waals surface area contributed by atoms with Gasteiger partial charge in [0.25, 0.3) is 0 Å². The normalized spacial score (nSPS) is 20.7. The molecular formula is C12H19ClF3N3S. The summed E-state index contributed by atoms with van der Waals surface area (Å²) >= 11 is 0.755. The molecule has 1 N–H and O–H groups in total. The molecular weight excluding hydrogens is 311 g/mol. The molecule has 20 heavy (non-hydrogen) atoms. The lowest BCUT2D eigenvalue weighted by molar-refractivity contribution is -0.134. The standard InChI is InChI=1S/C12H18F3N3S.ClH/c1-2-3-9-6-16-4-5-18(9)8-11-17-7-10(19-11)12(13,14)15;/h7,9,16H,2-6,8H2,1H3;1H. The van der Waals surface area contributed by atoms with Gasteiger partial charge in [0, 0.05) is 25.7 Å². The minimum absolute atomic E-state index is 0. The van der Waals surface area contributed by atoms with Crippen molar-refractivity contribution in [1.29, 1.82) is 0 Å². The highest BCUT2D eigenvalue weighted by Crippen LogP contribution is 2.33. The largest absolute Gasteiger partial charge is 0.427 e. The first-order valence-electron chi connectivity index (χ1n) is 6.47. The van der Waals surface area contributed by atoms with Crippen LogP contribution in [0.3, 0.4) is 0 Å². The number of aromatic nitrogens is 1. The number of rotatable bonds is 4. The molecule has 1 aliphatic heterocycles. The van der Waals surface area contributed by atoms with Gasteiger partial charge in [-0.1, -0.05) is 13.3 Å². The maximum atomic E-state index is 12.5. The Morgan fingerprint density at radius 2 is 2.25 bits per heavy atom. The fraction of sp³-hybridized carbons (Fsp3) is 0.750. The van der Waals surface area contributed by atoms with Crippen molar-refractivity contribution in [3.63, 3.8) is 0 Å². The third kappa shape index (κ3) is 4.58. The topological polar surface area (TPSA) is 28.2 Å². The van der Waals surface area contributed by atoms with Crippen LogP contribution in [0.2, 0.25) is 0 Å². The van der Waals surface area contributed by atoms with Crippen LogP contribution in [0.25, 0.3) is 0 Å². The van der Waals surface area contributed by atoms with E-state index in [4.69, 9.17) is 0 Å². The molecule has 1 saturated heterocycles. The molecule has 1 fully saturated rings. The van der Waals surface area contributed by atoms with E-state index in [0.717, 1.165) is 50.0 Å². The summed E-state index contributed by atoms with van der Waals surface area (Å²) < 4.78 is 37.6. The van der Waals surface area contributed by atoms with Crippen molar-refractivity contribution in [1.82, 2.24) is 15.2 Å². The average Bonchev–Trinajstić information content (AvgIpc) is 2.80. The van der Waals surface area contributed by atoms with Gasteiger partial charge in [0.15, 0.2) is 0 Å². The van der Waals surface area contributed by atoms with Gasteiger partial charge >= 0.3 is 6.18 Å². The van der Waals surface area contributed by atoms with Gasteiger partial charge in [-0.3, -0.25) is 4.90 Å². The molecule has 1 atom stereocenters. The summed E-state index contributed by atoms with van der Waals surface area (Å²) in [5.41, 5.74) is 0. The Morgan fingerprint density at radius 1 is 1.50 bits per heavy atom. The zero-order chi connectivity index (χ0) is 13.9. The second-order valence-electron chi connectivity index (χ2n) is 4.73. The van der Waals surface area contributed by atoms with Crippen LogP contribution in [0.4, 0.5) is 13.2 Å². The molecule has 0 aromatic carbocycles. The molecule has 3 nitrogen and oxygen atoms in total. The van der Waals surface area contributed by atoms with E-state index in [1.54, 1.807) is 0 Å².